The predicted octanol–water partition coefficient (Wildman–Crippen LogP) is 3.48. The van der Waals surface area contributed by atoms with E-state index in [1.807, 2.05) is 0 Å². The van der Waals surface area contributed by atoms with Crippen molar-refractivity contribution in [3.8, 4) is 0 Å². The van der Waals surface area contributed by atoms with Gasteiger partial charge in [-0.3, -0.25) is 0 Å². The highest BCUT2D eigenvalue weighted by atomic mass is 16.5. The molecule has 1 heterocycles. The van der Waals surface area contributed by atoms with Gasteiger partial charge in [-0.25, -0.2) is 0 Å². The topological polar surface area (TPSA) is 64.9 Å². The number of nitrogens with zero attached hydrogens (tertiary/aromatic N) is 2. The molecule has 0 aliphatic heterocycles. The van der Waals surface area contributed by atoms with Crippen LogP contribution in [0.1, 0.15) is 81.8 Å². The fraction of sp³-hybridized carbons (Fsp3) is 0.875. The summed E-state index contributed by atoms with van der Waals surface area (Å²) in [5.74, 6) is 3.82. The summed E-state index contributed by atoms with van der Waals surface area (Å²) in [6, 6.07) is 0. The van der Waals surface area contributed by atoms with E-state index in [1.165, 1.54) is 51.4 Å². The average molecular weight is 275 g/mol. The number of nitrogens with two attached hydrogens (primary N) is 1. The van der Waals surface area contributed by atoms with E-state index in [2.05, 4.69) is 5.16 Å². The van der Waals surface area contributed by atoms with E-state index in [4.69, 9.17) is 15.2 Å². The molecule has 0 amide bonds. The Kier molecular flexibility index (Phi) is 3.09. The van der Waals surface area contributed by atoms with Crippen molar-refractivity contribution in [3.05, 3.63) is 11.7 Å². The molecule has 2 N–H and O–H groups in total. The van der Waals surface area contributed by atoms with Crippen molar-refractivity contribution in [3.63, 3.8) is 0 Å². The van der Waals surface area contributed by atoms with E-state index in [1.54, 1.807) is 0 Å². The van der Waals surface area contributed by atoms with E-state index in [0.717, 1.165) is 36.4 Å². The van der Waals surface area contributed by atoms with E-state index >= 15 is 0 Å². The molecule has 0 radical (unpaired) electrons. The Morgan fingerprint density at radius 1 is 1.05 bits per heavy atom. The lowest BCUT2D eigenvalue weighted by atomic mass is 9.65. The summed E-state index contributed by atoms with van der Waals surface area (Å²) in [7, 11) is 0. The van der Waals surface area contributed by atoms with Crippen LogP contribution < -0.4 is 5.73 Å². The highest BCUT2D eigenvalue weighted by Gasteiger charge is 2.41. The molecule has 1 aromatic heterocycles. The monoisotopic (exact) mass is 275 g/mol. The van der Waals surface area contributed by atoms with E-state index < -0.39 is 0 Å². The van der Waals surface area contributed by atoms with Crippen LogP contribution in [0, 0.1) is 11.8 Å². The van der Waals surface area contributed by atoms with Gasteiger partial charge in [0.25, 0.3) is 0 Å². The molecule has 0 aromatic carbocycles. The third-order valence-corrected chi connectivity index (χ3v) is 6.00. The van der Waals surface area contributed by atoms with Gasteiger partial charge in [-0.05, 0) is 43.9 Å². The summed E-state index contributed by atoms with van der Waals surface area (Å²) >= 11 is 0. The molecule has 1 unspecified atom stereocenters. The number of rotatable bonds is 2. The first-order valence-corrected chi connectivity index (χ1v) is 8.37. The molecule has 110 valence electrons. The Morgan fingerprint density at radius 2 is 1.80 bits per heavy atom. The van der Waals surface area contributed by atoms with Gasteiger partial charge in [0.1, 0.15) is 0 Å². The lowest BCUT2D eigenvalue weighted by Crippen LogP contribution is -2.39. The average Bonchev–Trinajstić information content (AvgIpc) is 3.00. The fourth-order valence-corrected chi connectivity index (χ4v) is 4.67. The molecule has 20 heavy (non-hydrogen) atoms. The van der Waals surface area contributed by atoms with Gasteiger partial charge in [0.2, 0.25) is 5.89 Å². The molecule has 4 nitrogen and oxygen atoms in total. The minimum Gasteiger partial charge on any atom is -0.339 e. The molecule has 4 aliphatic rings. The van der Waals surface area contributed by atoms with Crippen LogP contribution in [0.25, 0.3) is 0 Å². The van der Waals surface area contributed by atoms with E-state index in [9.17, 15) is 0 Å². The van der Waals surface area contributed by atoms with Crippen LogP contribution in [0.3, 0.4) is 0 Å². The van der Waals surface area contributed by atoms with Gasteiger partial charge >= 0.3 is 0 Å². The third-order valence-electron chi connectivity index (χ3n) is 6.00. The number of hydrogen-bond donors (Lipinski definition) is 1. The standard InChI is InChI=1S/C16H25N3O/c17-16(8-2-1-3-9-16)15-18-14(20-19-15)13-10-11-4-6-12(13)7-5-11/h11-13H,1-10,17H2. The molecular formula is C16H25N3O. The molecular weight excluding hydrogens is 250 g/mol. The highest BCUT2D eigenvalue weighted by Crippen LogP contribution is 2.49. The molecule has 5 rings (SSSR count). The molecule has 0 spiro atoms. The summed E-state index contributed by atoms with van der Waals surface area (Å²) < 4.78 is 5.63. The van der Waals surface area contributed by atoms with Gasteiger partial charge in [-0.15, -0.1) is 0 Å². The zero-order valence-corrected chi connectivity index (χ0v) is 12.2. The van der Waals surface area contributed by atoms with Gasteiger partial charge in [0.05, 0.1) is 5.54 Å². The number of aromatic nitrogens is 2. The van der Waals surface area contributed by atoms with Crippen molar-refractivity contribution in [1.29, 1.82) is 0 Å². The van der Waals surface area contributed by atoms with Crippen molar-refractivity contribution in [2.45, 2.75) is 75.7 Å². The summed E-state index contributed by atoms with van der Waals surface area (Å²) in [6.45, 7) is 0. The van der Waals surface area contributed by atoms with Crippen molar-refractivity contribution in [2.24, 2.45) is 17.6 Å². The zero-order valence-electron chi connectivity index (χ0n) is 12.2. The van der Waals surface area contributed by atoms with Crippen molar-refractivity contribution < 1.29 is 4.52 Å². The van der Waals surface area contributed by atoms with E-state index in [0.29, 0.717) is 5.92 Å². The van der Waals surface area contributed by atoms with Crippen molar-refractivity contribution >= 4 is 0 Å². The maximum atomic E-state index is 6.51. The summed E-state index contributed by atoms with van der Waals surface area (Å²) in [5, 5.41) is 4.26. The minimum absolute atomic E-state index is 0.326. The van der Waals surface area contributed by atoms with Crippen LogP contribution in [0.5, 0.6) is 0 Å². The second-order valence-corrected chi connectivity index (χ2v) is 7.30. The first-order valence-electron chi connectivity index (χ1n) is 8.37. The van der Waals surface area contributed by atoms with Crippen LogP contribution in [0.15, 0.2) is 4.52 Å². The van der Waals surface area contributed by atoms with Crippen molar-refractivity contribution in [1.82, 2.24) is 10.1 Å². The van der Waals surface area contributed by atoms with Gasteiger partial charge in [0.15, 0.2) is 5.82 Å². The summed E-state index contributed by atoms with van der Waals surface area (Å²) in [6.07, 6.45) is 12.4. The Balaban J connectivity index is 1.56. The quantitative estimate of drug-likeness (QED) is 0.897. The lowest BCUT2D eigenvalue weighted by molar-refractivity contribution is 0.123. The SMILES string of the molecule is NC1(c2noc(C3CC4CCC3CC4)n2)CCCCC1. The second kappa shape index (κ2) is 4.83. The Morgan fingerprint density at radius 3 is 2.45 bits per heavy atom. The molecule has 1 atom stereocenters. The largest absolute Gasteiger partial charge is 0.339 e. The Hall–Kier alpha value is -0.900. The predicted molar refractivity (Wildman–Crippen MR) is 76.1 cm³/mol. The second-order valence-electron chi connectivity index (χ2n) is 7.30. The first-order chi connectivity index (χ1) is 9.74. The molecule has 4 aliphatic carbocycles. The highest BCUT2D eigenvalue weighted by molar-refractivity contribution is 5.09. The maximum Gasteiger partial charge on any atom is 0.230 e. The molecule has 0 saturated heterocycles. The lowest BCUT2D eigenvalue weighted by Gasteiger charge is -2.40. The van der Waals surface area contributed by atoms with Crippen LogP contribution in [-0.4, -0.2) is 10.1 Å². The van der Waals surface area contributed by atoms with Crippen LogP contribution in [-0.2, 0) is 5.54 Å². The number of fused-ring (bicyclic) bond motifs is 3. The summed E-state index contributed by atoms with van der Waals surface area (Å²) in [5.41, 5.74) is 6.19. The van der Waals surface area contributed by atoms with Gasteiger partial charge in [0, 0.05) is 5.92 Å². The zero-order chi connectivity index (χ0) is 13.6. The minimum atomic E-state index is -0.326. The third kappa shape index (κ3) is 2.09. The molecule has 4 heteroatoms. The van der Waals surface area contributed by atoms with Gasteiger partial charge in [-0.2, -0.15) is 4.98 Å². The molecule has 1 aromatic rings. The number of hydrogen-bond acceptors (Lipinski definition) is 4. The van der Waals surface area contributed by atoms with Crippen LogP contribution in [0.2, 0.25) is 0 Å². The Bertz CT molecular complexity index is 470. The molecule has 2 bridgehead atoms. The van der Waals surface area contributed by atoms with Gasteiger partial charge < -0.3 is 10.3 Å². The van der Waals surface area contributed by atoms with Crippen LogP contribution in [0.4, 0.5) is 0 Å². The summed E-state index contributed by atoms with van der Waals surface area (Å²) in [4.78, 5) is 4.75. The maximum absolute atomic E-state index is 6.51. The molecule has 4 saturated carbocycles. The molecule has 4 fully saturated rings. The smallest absolute Gasteiger partial charge is 0.230 e. The van der Waals surface area contributed by atoms with E-state index in [-0.39, 0.29) is 5.54 Å². The van der Waals surface area contributed by atoms with Crippen LogP contribution >= 0.6 is 0 Å². The first kappa shape index (κ1) is 12.8. The van der Waals surface area contributed by atoms with Gasteiger partial charge in [-0.1, -0.05) is 37.3 Å². The Labute approximate surface area is 120 Å². The van der Waals surface area contributed by atoms with Crippen molar-refractivity contribution in [2.75, 3.05) is 0 Å². The fourth-order valence-electron chi connectivity index (χ4n) is 4.67. The normalized spacial score (nSPS) is 36.1.